The second-order valence-electron chi connectivity index (χ2n) is 4.23. The molecule has 2 aliphatic heterocycles. The van der Waals surface area contributed by atoms with Gasteiger partial charge in [0, 0.05) is 11.9 Å². The first-order chi connectivity index (χ1) is 9.08. The minimum Gasteiger partial charge on any atom is -0.324 e. The Kier molecular flexibility index (Phi) is 3.28. The average molecular weight is 310 g/mol. The van der Waals surface area contributed by atoms with Crippen molar-refractivity contribution in [1.82, 2.24) is 4.90 Å². The summed E-state index contributed by atoms with van der Waals surface area (Å²) in [4.78, 5) is 26.7. The van der Waals surface area contributed by atoms with E-state index in [-0.39, 0.29) is 11.8 Å². The zero-order valence-corrected chi connectivity index (χ0v) is 12.4. The number of amides is 2. The van der Waals surface area contributed by atoms with E-state index in [1.54, 1.807) is 7.05 Å². The molecule has 0 saturated carbocycles. The van der Waals surface area contributed by atoms with E-state index >= 15 is 0 Å². The van der Waals surface area contributed by atoms with Crippen LogP contribution in [0.15, 0.2) is 29.2 Å². The maximum Gasteiger partial charge on any atom is 0.243 e. The molecule has 0 unspecified atom stereocenters. The van der Waals surface area contributed by atoms with Crippen LogP contribution < -0.4 is 5.32 Å². The van der Waals surface area contributed by atoms with Gasteiger partial charge in [-0.25, -0.2) is 0 Å². The van der Waals surface area contributed by atoms with Crippen molar-refractivity contribution in [2.45, 2.75) is 15.4 Å². The van der Waals surface area contributed by atoms with E-state index in [9.17, 15) is 9.59 Å². The fourth-order valence-corrected chi connectivity index (χ4v) is 4.76. The Balaban J connectivity index is 1.90. The van der Waals surface area contributed by atoms with Gasteiger partial charge in [-0.05, 0) is 12.1 Å². The van der Waals surface area contributed by atoms with Crippen LogP contribution in [-0.2, 0) is 9.59 Å². The number of hydrogen-bond donors (Lipinski definition) is 1. The first-order valence-electron chi connectivity index (χ1n) is 5.62. The minimum absolute atomic E-state index is 0.0953. The van der Waals surface area contributed by atoms with Gasteiger partial charge in [0.05, 0.1) is 5.69 Å². The Morgan fingerprint density at radius 3 is 2.63 bits per heavy atom. The summed E-state index contributed by atoms with van der Waals surface area (Å²) in [6, 6.07) is 7.59. The summed E-state index contributed by atoms with van der Waals surface area (Å²) in [6.07, 6.45) is 0. The third-order valence-corrected chi connectivity index (χ3v) is 6.30. The number of rotatable bonds is 1. The molecule has 0 aromatic heterocycles. The van der Waals surface area contributed by atoms with Crippen molar-refractivity contribution < 1.29 is 9.59 Å². The Hall–Kier alpha value is -1.05. The fourth-order valence-electron chi connectivity index (χ4n) is 1.98. The van der Waals surface area contributed by atoms with Crippen LogP contribution in [0.3, 0.4) is 0 Å². The van der Waals surface area contributed by atoms with Gasteiger partial charge in [0.15, 0.2) is 0 Å². The molecule has 1 fully saturated rings. The molecular weight excluding hydrogens is 300 g/mol. The van der Waals surface area contributed by atoms with Crippen molar-refractivity contribution in [3.63, 3.8) is 0 Å². The molecule has 2 heterocycles. The van der Waals surface area contributed by atoms with E-state index in [0.717, 1.165) is 10.6 Å². The van der Waals surface area contributed by atoms with Crippen LogP contribution in [-0.4, -0.2) is 38.6 Å². The van der Waals surface area contributed by atoms with Gasteiger partial charge in [-0.2, -0.15) is 0 Å². The van der Waals surface area contributed by atoms with Crippen LogP contribution in [0.2, 0.25) is 0 Å². The van der Waals surface area contributed by atoms with Gasteiger partial charge in [-0.15, -0.1) is 11.8 Å². The number of carbonyl (C=O) groups excluding carboxylic acids is 2. The highest BCUT2D eigenvalue weighted by atomic mass is 32.2. The maximum absolute atomic E-state index is 12.1. The molecule has 98 valence electrons. The van der Waals surface area contributed by atoms with Gasteiger partial charge in [0.1, 0.15) is 14.8 Å². The molecule has 1 aromatic carbocycles. The zero-order chi connectivity index (χ0) is 13.6. The molecule has 2 atom stereocenters. The van der Waals surface area contributed by atoms with E-state index < -0.39 is 10.5 Å². The highest BCUT2D eigenvalue weighted by Crippen LogP contribution is 2.42. The van der Waals surface area contributed by atoms with Crippen LogP contribution in [0.4, 0.5) is 5.69 Å². The molecule has 2 aliphatic rings. The summed E-state index contributed by atoms with van der Waals surface area (Å²) < 4.78 is 0.530. The summed E-state index contributed by atoms with van der Waals surface area (Å²) in [5.74, 6) is -0.227. The molecule has 1 aromatic rings. The Morgan fingerprint density at radius 1 is 1.21 bits per heavy atom. The quantitative estimate of drug-likeness (QED) is 0.804. The first-order valence-corrected chi connectivity index (χ1v) is 7.79. The van der Waals surface area contributed by atoms with Crippen molar-refractivity contribution in [3.8, 4) is 0 Å². The van der Waals surface area contributed by atoms with Crippen LogP contribution in [0.1, 0.15) is 0 Å². The molecule has 1 N–H and O–H groups in total. The molecule has 0 spiro atoms. The number of hydrogen-bond acceptors (Lipinski definition) is 5. The van der Waals surface area contributed by atoms with Crippen molar-refractivity contribution in [1.29, 1.82) is 0 Å². The standard InChI is InChI=1S/C12H10N2O2S3/c1-14-11(16)9(19-12(14)17)8-10(15)13-6-4-2-3-5-7(6)18-8/h2-5,8-9H,1H3,(H,13,15)/t8-,9+/m1/s1. The van der Waals surface area contributed by atoms with Gasteiger partial charge < -0.3 is 5.32 Å². The van der Waals surface area contributed by atoms with Gasteiger partial charge in [-0.3, -0.25) is 14.5 Å². The molecule has 0 aliphatic carbocycles. The summed E-state index contributed by atoms with van der Waals surface area (Å²) in [5.41, 5.74) is 0.806. The number of thiocarbonyl (C=S) groups is 1. The van der Waals surface area contributed by atoms with Crippen LogP contribution >= 0.6 is 35.7 Å². The van der Waals surface area contributed by atoms with Crippen LogP contribution in [0.5, 0.6) is 0 Å². The van der Waals surface area contributed by atoms with Gasteiger partial charge >= 0.3 is 0 Å². The van der Waals surface area contributed by atoms with Gasteiger partial charge in [0.25, 0.3) is 0 Å². The maximum atomic E-state index is 12.1. The first kappa shape index (κ1) is 13.0. The van der Waals surface area contributed by atoms with E-state index in [2.05, 4.69) is 5.32 Å². The minimum atomic E-state index is -0.435. The molecule has 7 heteroatoms. The lowest BCUT2D eigenvalue weighted by Gasteiger charge is -2.26. The number of fused-ring (bicyclic) bond motifs is 1. The zero-order valence-electron chi connectivity index (χ0n) is 9.95. The monoisotopic (exact) mass is 310 g/mol. The van der Waals surface area contributed by atoms with E-state index in [1.165, 1.54) is 28.4 Å². The average Bonchev–Trinajstić information content (AvgIpc) is 2.66. The topological polar surface area (TPSA) is 49.4 Å². The predicted molar refractivity (Wildman–Crippen MR) is 81.5 cm³/mol. The lowest BCUT2D eigenvalue weighted by Crippen LogP contribution is -2.41. The van der Waals surface area contributed by atoms with E-state index in [0.29, 0.717) is 4.32 Å². The lowest BCUT2D eigenvalue weighted by molar-refractivity contribution is -0.127. The molecule has 3 rings (SSSR count). The third kappa shape index (κ3) is 2.15. The van der Waals surface area contributed by atoms with Crippen molar-refractivity contribution in [2.24, 2.45) is 0 Å². The Labute approximate surface area is 124 Å². The summed E-state index contributed by atoms with van der Waals surface area (Å²) in [5, 5.41) is 1.98. The molecule has 1 saturated heterocycles. The van der Waals surface area contributed by atoms with Crippen molar-refractivity contribution >= 4 is 57.6 Å². The highest BCUT2D eigenvalue weighted by molar-refractivity contribution is 8.24. The molecule has 19 heavy (non-hydrogen) atoms. The summed E-state index contributed by atoms with van der Waals surface area (Å²) >= 11 is 7.83. The fraction of sp³-hybridized carbons (Fsp3) is 0.250. The number of benzene rings is 1. The second kappa shape index (κ2) is 4.81. The number of nitrogens with zero attached hydrogens (tertiary/aromatic N) is 1. The molecule has 4 nitrogen and oxygen atoms in total. The number of nitrogens with one attached hydrogen (secondary N) is 1. The Bertz CT molecular complexity index is 590. The second-order valence-corrected chi connectivity index (χ2v) is 7.18. The van der Waals surface area contributed by atoms with Crippen LogP contribution in [0.25, 0.3) is 0 Å². The molecule has 0 radical (unpaired) electrons. The Morgan fingerprint density at radius 2 is 1.95 bits per heavy atom. The van der Waals surface area contributed by atoms with Gasteiger partial charge in [0.2, 0.25) is 11.8 Å². The number of carbonyl (C=O) groups is 2. The molecular formula is C12H10N2O2S3. The van der Waals surface area contributed by atoms with Crippen LogP contribution in [0, 0.1) is 0 Å². The van der Waals surface area contributed by atoms with Crippen molar-refractivity contribution in [2.75, 3.05) is 12.4 Å². The molecule has 2 amide bonds. The lowest BCUT2D eigenvalue weighted by atomic mass is 10.2. The SMILES string of the molecule is CN1C(=O)[C@H]([C@H]2Sc3ccccc3NC2=O)SC1=S. The van der Waals surface area contributed by atoms with E-state index in [4.69, 9.17) is 12.2 Å². The largest absolute Gasteiger partial charge is 0.324 e. The van der Waals surface area contributed by atoms with Crippen molar-refractivity contribution in [3.05, 3.63) is 24.3 Å². The molecule has 0 bridgehead atoms. The number of thioether (sulfide) groups is 2. The summed E-state index contributed by atoms with van der Waals surface area (Å²) in [6.45, 7) is 0. The highest BCUT2D eigenvalue weighted by Gasteiger charge is 2.45. The normalized spacial score (nSPS) is 26.4. The summed E-state index contributed by atoms with van der Waals surface area (Å²) in [7, 11) is 1.65. The number of para-hydroxylation sites is 1. The third-order valence-electron chi connectivity index (χ3n) is 3.01. The predicted octanol–water partition coefficient (Wildman–Crippen LogP) is 1.96. The van der Waals surface area contributed by atoms with E-state index in [1.807, 2.05) is 24.3 Å². The number of anilines is 1. The van der Waals surface area contributed by atoms with Gasteiger partial charge in [-0.1, -0.05) is 36.1 Å². The smallest absolute Gasteiger partial charge is 0.243 e.